The van der Waals surface area contributed by atoms with E-state index in [1.807, 2.05) is 78.5 Å². The minimum Gasteiger partial charge on any atom is -0.343 e. The summed E-state index contributed by atoms with van der Waals surface area (Å²) in [5.74, 6) is 1.04. The van der Waals surface area contributed by atoms with Crippen molar-refractivity contribution in [2.75, 3.05) is 29.9 Å². The lowest BCUT2D eigenvalue weighted by Gasteiger charge is -2.32. The van der Waals surface area contributed by atoms with Crippen molar-refractivity contribution in [3.05, 3.63) is 107 Å². The summed E-state index contributed by atoms with van der Waals surface area (Å²) < 4.78 is 1.80. The maximum atomic E-state index is 13.8. The zero-order chi connectivity index (χ0) is 29.8. The number of fused-ring (bicyclic) bond motifs is 2. The molecular weight excluding hydrogens is 536 g/mol. The number of anilines is 3. The highest BCUT2D eigenvalue weighted by molar-refractivity contribution is 6.08. The number of piperidine rings is 1. The van der Waals surface area contributed by atoms with Crippen molar-refractivity contribution < 1.29 is 9.59 Å². The number of nitrogens with zero attached hydrogens (tertiary/aromatic N) is 4. The van der Waals surface area contributed by atoms with Crippen molar-refractivity contribution >= 4 is 29.0 Å². The Morgan fingerprint density at radius 1 is 0.977 bits per heavy atom. The molecule has 1 aromatic heterocycles. The van der Waals surface area contributed by atoms with E-state index in [1.165, 1.54) is 5.56 Å². The van der Waals surface area contributed by atoms with Crippen LogP contribution in [0.15, 0.2) is 79.0 Å². The predicted molar refractivity (Wildman–Crippen MR) is 171 cm³/mol. The van der Waals surface area contributed by atoms with E-state index in [0.29, 0.717) is 31.0 Å². The van der Waals surface area contributed by atoms with E-state index in [1.54, 1.807) is 4.68 Å². The van der Waals surface area contributed by atoms with Gasteiger partial charge in [-0.1, -0.05) is 48.5 Å². The molecule has 2 amide bonds. The number of likely N-dealkylation sites (tertiary alicyclic amines) is 1. The Balaban J connectivity index is 1.03. The van der Waals surface area contributed by atoms with E-state index in [9.17, 15) is 9.59 Å². The van der Waals surface area contributed by atoms with Crippen LogP contribution in [0.2, 0.25) is 0 Å². The van der Waals surface area contributed by atoms with Gasteiger partial charge in [0.1, 0.15) is 5.82 Å². The van der Waals surface area contributed by atoms with E-state index < -0.39 is 0 Å². The molecule has 6 rings (SSSR count). The Morgan fingerprint density at radius 3 is 2.53 bits per heavy atom. The molecule has 3 heterocycles. The number of rotatable bonds is 8. The normalized spacial score (nSPS) is 14.9. The van der Waals surface area contributed by atoms with Crippen molar-refractivity contribution in [2.24, 2.45) is 7.05 Å². The lowest BCUT2D eigenvalue weighted by atomic mass is 9.99. The van der Waals surface area contributed by atoms with Crippen LogP contribution in [0, 0.1) is 6.92 Å². The van der Waals surface area contributed by atoms with Crippen LogP contribution in [0.5, 0.6) is 0 Å². The number of aryl methyl sites for hydroxylation is 3. The number of amides is 2. The van der Waals surface area contributed by atoms with E-state index >= 15 is 0 Å². The molecule has 3 aromatic carbocycles. The standard InChI is InChI=1S/C35H40N6O2/c1-25-22-28(35(43)41-24-29-23-37-39(2)34(29)38-31-10-6-7-11-32(31)41)13-12-27(25)14-15-33(42)40-20-17-30(18-21-40)36-19-16-26-8-4-3-5-9-26/h3-13,22-23,30,36,38H,14-21,24H2,1-2H3. The Kier molecular flexibility index (Phi) is 8.56. The third kappa shape index (κ3) is 6.49. The Hall–Kier alpha value is -4.43. The summed E-state index contributed by atoms with van der Waals surface area (Å²) in [6, 6.07) is 24.7. The van der Waals surface area contributed by atoms with Gasteiger partial charge in [0.2, 0.25) is 5.91 Å². The SMILES string of the molecule is Cc1cc(C(=O)N2Cc3cnn(C)c3Nc3ccccc32)ccc1CCC(=O)N1CCC(NCCc2ccccc2)CC1. The molecule has 2 aliphatic rings. The Morgan fingerprint density at radius 2 is 1.74 bits per heavy atom. The fraction of sp³-hybridized carbons (Fsp3) is 0.343. The molecule has 8 heteroatoms. The molecule has 222 valence electrons. The second kappa shape index (κ2) is 12.8. The number of nitrogens with one attached hydrogen (secondary N) is 2. The van der Waals surface area contributed by atoms with Crippen LogP contribution in [0.3, 0.4) is 0 Å². The van der Waals surface area contributed by atoms with Crippen LogP contribution in [0.1, 0.15) is 51.9 Å². The van der Waals surface area contributed by atoms with Crippen LogP contribution >= 0.6 is 0 Å². The van der Waals surface area contributed by atoms with Gasteiger partial charge in [-0.2, -0.15) is 5.10 Å². The van der Waals surface area contributed by atoms with Crippen LogP contribution in [-0.4, -0.2) is 52.2 Å². The average Bonchev–Trinajstić information content (AvgIpc) is 3.28. The van der Waals surface area contributed by atoms with Crippen molar-refractivity contribution in [3.8, 4) is 0 Å². The molecule has 0 atom stereocenters. The second-order valence-electron chi connectivity index (χ2n) is 11.7. The summed E-state index contributed by atoms with van der Waals surface area (Å²) in [5.41, 5.74) is 6.80. The topological polar surface area (TPSA) is 82.5 Å². The fourth-order valence-corrected chi connectivity index (χ4v) is 6.20. The third-order valence-electron chi connectivity index (χ3n) is 8.77. The molecule has 2 N–H and O–H groups in total. The number of benzene rings is 3. The molecule has 8 nitrogen and oxygen atoms in total. The highest BCUT2D eigenvalue weighted by atomic mass is 16.2. The first-order valence-corrected chi connectivity index (χ1v) is 15.3. The molecular formula is C35H40N6O2. The number of carbonyl (C=O) groups is 2. The van der Waals surface area contributed by atoms with Gasteiger partial charge in [0.05, 0.1) is 24.1 Å². The Labute approximate surface area is 253 Å². The lowest BCUT2D eigenvalue weighted by Crippen LogP contribution is -2.45. The highest BCUT2D eigenvalue weighted by Gasteiger charge is 2.27. The first-order chi connectivity index (χ1) is 21.0. The number of hydrogen-bond acceptors (Lipinski definition) is 5. The molecule has 43 heavy (non-hydrogen) atoms. The molecule has 0 radical (unpaired) electrons. The van der Waals surface area contributed by atoms with Crippen molar-refractivity contribution in [1.29, 1.82) is 0 Å². The monoisotopic (exact) mass is 576 g/mol. The third-order valence-corrected chi connectivity index (χ3v) is 8.77. The van der Waals surface area contributed by atoms with Crippen LogP contribution in [0.25, 0.3) is 0 Å². The van der Waals surface area contributed by atoms with Gasteiger partial charge < -0.3 is 20.4 Å². The molecule has 0 aliphatic carbocycles. The smallest absolute Gasteiger partial charge is 0.258 e. The maximum Gasteiger partial charge on any atom is 0.258 e. The van der Waals surface area contributed by atoms with Crippen LogP contribution in [-0.2, 0) is 31.2 Å². The van der Waals surface area contributed by atoms with E-state index in [0.717, 1.165) is 72.8 Å². The summed E-state index contributed by atoms with van der Waals surface area (Å²) in [4.78, 5) is 30.7. The number of aromatic nitrogens is 2. The summed E-state index contributed by atoms with van der Waals surface area (Å²) in [7, 11) is 1.90. The zero-order valence-electron chi connectivity index (χ0n) is 25.1. The lowest BCUT2D eigenvalue weighted by molar-refractivity contribution is -0.132. The van der Waals surface area contributed by atoms with E-state index in [-0.39, 0.29) is 11.8 Å². The zero-order valence-corrected chi connectivity index (χ0v) is 25.1. The van der Waals surface area contributed by atoms with Gasteiger partial charge in [-0.05, 0) is 80.1 Å². The first kappa shape index (κ1) is 28.7. The van der Waals surface area contributed by atoms with Crippen LogP contribution in [0.4, 0.5) is 17.2 Å². The summed E-state index contributed by atoms with van der Waals surface area (Å²) in [6.45, 7) is 5.03. The van der Waals surface area contributed by atoms with E-state index in [2.05, 4.69) is 40.0 Å². The largest absolute Gasteiger partial charge is 0.343 e. The molecule has 0 bridgehead atoms. The van der Waals surface area contributed by atoms with Crippen molar-refractivity contribution in [3.63, 3.8) is 0 Å². The Bertz CT molecular complexity index is 1590. The van der Waals surface area contributed by atoms with Crippen LogP contribution < -0.4 is 15.5 Å². The quantitative estimate of drug-likeness (QED) is 0.294. The molecule has 0 unspecified atom stereocenters. The summed E-state index contributed by atoms with van der Waals surface area (Å²) in [6.07, 6.45) is 5.97. The molecule has 1 saturated heterocycles. The van der Waals surface area contributed by atoms with Gasteiger partial charge in [-0.15, -0.1) is 0 Å². The van der Waals surface area contributed by atoms with Gasteiger partial charge in [-0.25, -0.2) is 0 Å². The van der Waals surface area contributed by atoms with Gasteiger partial charge in [-0.3, -0.25) is 14.3 Å². The number of hydrogen-bond donors (Lipinski definition) is 2. The van der Waals surface area contributed by atoms with Gasteiger partial charge in [0.25, 0.3) is 5.91 Å². The predicted octanol–water partition coefficient (Wildman–Crippen LogP) is 5.39. The molecule has 0 saturated carbocycles. The summed E-state index contributed by atoms with van der Waals surface area (Å²) >= 11 is 0. The van der Waals surface area contributed by atoms with E-state index in [4.69, 9.17) is 0 Å². The maximum absolute atomic E-state index is 13.8. The molecule has 0 spiro atoms. The number of para-hydroxylation sites is 2. The second-order valence-corrected chi connectivity index (χ2v) is 11.7. The van der Waals surface area contributed by atoms with Crippen molar-refractivity contribution in [2.45, 2.75) is 51.6 Å². The minimum absolute atomic E-state index is 0.0584. The molecule has 2 aliphatic heterocycles. The average molecular weight is 577 g/mol. The molecule has 4 aromatic rings. The highest BCUT2D eigenvalue weighted by Crippen LogP contribution is 2.36. The number of carbonyl (C=O) groups excluding carboxylic acids is 2. The fourth-order valence-electron chi connectivity index (χ4n) is 6.20. The van der Waals surface area contributed by atoms with Gasteiger partial charge >= 0.3 is 0 Å². The van der Waals surface area contributed by atoms with Gasteiger partial charge in [0.15, 0.2) is 0 Å². The van der Waals surface area contributed by atoms with Gasteiger partial charge in [0, 0.05) is 43.7 Å². The van der Waals surface area contributed by atoms with Crippen molar-refractivity contribution in [1.82, 2.24) is 20.0 Å². The molecule has 1 fully saturated rings. The minimum atomic E-state index is -0.0584. The first-order valence-electron chi connectivity index (χ1n) is 15.3. The summed E-state index contributed by atoms with van der Waals surface area (Å²) in [5, 5.41) is 11.5.